The molecule has 0 radical (unpaired) electrons. The maximum absolute atomic E-state index is 13.0. The van der Waals surface area contributed by atoms with Gasteiger partial charge in [0.15, 0.2) is 5.82 Å². The number of hydrogen-bond acceptors (Lipinski definition) is 6. The second-order valence-electron chi connectivity index (χ2n) is 9.69. The standard InChI is InChI=1S/C28H27ClN6O.C2HF3O/c1-17(2)22-8-3-4-9-25(22)34-28(36)33-24-13-12-21-15-19(24)11-10-18-6-5-7-20(14-18)32-27-30-16-23(29)26(31-21)35-27;3-2(4,5)1-6/h3-9,12-17H,10-11H2,1-2H3,(H2,33,34,36)(H2,30,31,32,35);1H. The molecule has 8 nitrogen and oxygen atoms in total. The lowest BCUT2D eigenvalue weighted by molar-refractivity contribution is -0.156. The molecule has 1 aliphatic heterocycles. The van der Waals surface area contributed by atoms with Crippen LogP contribution in [0, 0.1) is 0 Å². The summed E-state index contributed by atoms with van der Waals surface area (Å²) < 4.78 is 31.2. The van der Waals surface area contributed by atoms with Crippen molar-refractivity contribution >= 4 is 58.4 Å². The minimum absolute atomic E-state index is 0.280. The Morgan fingerprint density at radius 3 is 2.40 bits per heavy atom. The van der Waals surface area contributed by atoms with E-state index in [2.05, 4.69) is 57.2 Å². The first-order valence-corrected chi connectivity index (χ1v) is 13.4. The molecule has 42 heavy (non-hydrogen) atoms. The van der Waals surface area contributed by atoms with Crippen LogP contribution >= 0.6 is 11.6 Å². The molecule has 0 aliphatic carbocycles. The molecule has 0 saturated carbocycles. The van der Waals surface area contributed by atoms with E-state index in [1.54, 1.807) is 6.20 Å². The zero-order valence-electron chi connectivity index (χ0n) is 22.7. The van der Waals surface area contributed by atoms with Crippen LogP contribution in [-0.2, 0) is 17.6 Å². The highest BCUT2D eigenvalue weighted by atomic mass is 35.5. The SMILES string of the molecule is CC(C)c1ccccc1NC(=O)Nc1ccc2cc1CCc1cccc(c1)Nc1ncc(Cl)c(n1)N2.O=CC(F)(F)F. The first-order valence-electron chi connectivity index (χ1n) is 13.0. The van der Waals surface area contributed by atoms with E-state index in [0.717, 1.165) is 52.3 Å². The van der Waals surface area contributed by atoms with Gasteiger partial charge in [0.25, 0.3) is 0 Å². The quantitative estimate of drug-likeness (QED) is 0.177. The average Bonchev–Trinajstić information content (AvgIpc) is 2.95. The van der Waals surface area contributed by atoms with Crippen molar-refractivity contribution in [2.45, 2.75) is 38.8 Å². The van der Waals surface area contributed by atoms with Crippen molar-refractivity contribution in [2.24, 2.45) is 0 Å². The predicted octanol–water partition coefficient (Wildman–Crippen LogP) is 8.23. The van der Waals surface area contributed by atoms with E-state index in [0.29, 0.717) is 22.7 Å². The summed E-state index contributed by atoms with van der Waals surface area (Å²) in [6, 6.07) is 21.5. The van der Waals surface area contributed by atoms with E-state index < -0.39 is 12.5 Å². The molecule has 0 saturated heterocycles. The number of amides is 2. The second kappa shape index (κ2) is 13.3. The predicted molar refractivity (Wildman–Crippen MR) is 159 cm³/mol. The average molecular weight is 597 g/mol. The Kier molecular flexibility index (Phi) is 9.64. The lowest BCUT2D eigenvalue weighted by atomic mass is 10.0. The van der Waals surface area contributed by atoms with Gasteiger partial charge in [0.05, 0.1) is 6.20 Å². The Bertz CT molecular complexity index is 1580. The monoisotopic (exact) mass is 596 g/mol. The molecular formula is C30H28ClF3N6O2. The van der Waals surface area contributed by atoms with Gasteiger partial charge in [-0.05, 0) is 71.8 Å². The zero-order valence-corrected chi connectivity index (χ0v) is 23.5. The van der Waals surface area contributed by atoms with Crippen molar-refractivity contribution in [1.29, 1.82) is 0 Å². The summed E-state index contributed by atoms with van der Waals surface area (Å²) in [5.41, 5.74) is 6.52. The van der Waals surface area contributed by atoms with Gasteiger partial charge in [0, 0.05) is 22.7 Å². The smallest absolute Gasteiger partial charge is 0.339 e. The Labute approximate surface area is 245 Å². The largest absolute Gasteiger partial charge is 0.446 e. The van der Waals surface area contributed by atoms with E-state index in [4.69, 9.17) is 16.4 Å². The van der Waals surface area contributed by atoms with Crippen LogP contribution in [0.2, 0.25) is 5.02 Å². The van der Waals surface area contributed by atoms with E-state index in [1.807, 2.05) is 54.6 Å². The molecule has 0 fully saturated rings. The van der Waals surface area contributed by atoms with Crippen LogP contribution in [0.15, 0.2) is 72.9 Å². The summed E-state index contributed by atoms with van der Waals surface area (Å²) in [5, 5.41) is 13.0. The Morgan fingerprint density at radius 1 is 0.952 bits per heavy atom. The summed E-state index contributed by atoms with van der Waals surface area (Å²) >= 11 is 6.36. The number of para-hydroxylation sites is 1. The molecule has 5 rings (SSSR count). The van der Waals surface area contributed by atoms with Crippen molar-refractivity contribution in [3.63, 3.8) is 0 Å². The Hall–Kier alpha value is -4.64. The molecule has 218 valence electrons. The summed E-state index contributed by atoms with van der Waals surface area (Å²) in [4.78, 5) is 30.5. The highest BCUT2D eigenvalue weighted by molar-refractivity contribution is 6.32. The van der Waals surface area contributed by atoms with Crippen molar-refractivity contribution in [3.8, 4) is 0 Å². The highest BCUT2D eigenvalue weighted by Gasteiger charge is 2.25. The fourth-order valence-electron chi connectivity index (χ4n) is 4.25. The topological polar surface area (TPSA) is 108 Å². The molecular weight excluding hydrogens is 569 g/mol. The Balaban J connectivity index is 0.000000612. The summed E-state index contributed by atoms with van der Waals surface area (Å²) in [6.45, 7) is 4.22. The molecule has 0 atom stereocenters. The van der Waals surface area contributed by atoms with Crippen molar-refractivity contribution < 1.29 is 22.8 Å². The third-order valence-electron chi connectivity index (χ3n) is 6.19. The van der Waals surface area contributed by atoms with Gasteiger partial charge >= 0.3 is 12.2 Å². The van der Waals surface area contributed by atoms with Gasteiger partial charge in [-0.15, -0.1) is 0 Å². The number of aromatic nitrogens is 2. The maximum Gasteiger partial charge on any atom is 0.446 e. The molecule has 12 heteroatoms. The van der Waals surface area contributed by atoms with E-state index >= 15 is 0 Å². The number of halogens is 4. The third-order valence-corrected chi connectivity index (χ3v) is 6.47. The molecule has 1 aliphatic rings. The van der Waals surface area contributed by atoms with Crippen LogP contribution in [0.1, 0.15) is 36.5 Å². The van der Waals surface area contributed by atoms with Gasteiger partial charge in [-0.1, -0.05) is 55.8 Å². The number of anilines is 6. The van der Waals surface area contributed by atoms with Crippen LogP contribution in [0.5, 0.6) is 0 Å². The number of aldehydes is 1. The van der Waals surface area contributed by atoms with Crippen LogP contribution in [-0.4, -0.2) is 28.5 Å². The van der Waals surface area contributed by atoms with Gasteiger partial charge in [0.1, 0.15) is 5.02 Å². The van der Waals surface area contributed by atoms with Gasteiger partial charge in [-0.25, -0.2) is 9.78 Å². The third kappa shape index (κ3) is 8.43. The van der Waals surface area contributed by atoms with E-state index in [1.165, 1.54) is 0 Å². The number of urea groups is 1. The van der Waals surface area contributed by atoms with Crippen molar-refractivity contribution in [2.75, 3.05) is 21.3 Å². The number of alkyl halides is 3. The van der Waals surface area contributed by atoms with E-state index in [9.17, 15) is 18.0 Å². The van der Waals surface area contributed by atoms with Crippen LogP contribution in [0.4, 0.5) is 52.5 Å². The molecule has 4 N–H and O–H groups in total. The number of carbonyl (C=O) groups is 2. The van der Waals surface area contributed by atoms with Gasteiger partial charge in [-0.2, -0.15) is 18.2 Å². The van der Waals surface area contributed by atoms with Crippen LogP contribution in [0.25, 0.3) is 0 Å². The molecule has 4 aromatic rings. The first-order chi connectivity index (χ1) is 20.0. The molecule has 2 amide bonds. The lowest BCUT2D eigenvalue weighted by Gasteiger charge is -2.17. The number of hydrogen-bond donors (Lipinski definition) is 4. The van der Waals surface area contributed by atoms with Crippen LogP contribution in [0.3, 0.4) is 0 Å². The van der Waals surface area contributed by atoms with Crippen molar-refractivity contribution in [3.05, 3.63) is 94.6 Å². The van der Waals surface area contributed by atoms with Gasteiger partial charge < -0.3 is 21.3 Å². The number of rotatable bonds is 3. The fourth-order valence-corrected chi connectivity index (χ4v) is 4.39. The summed E-state index contributed by atoms with van der Waals surface area (Å²) in [6.07, 6.45) is -2.61. The van der Waals surface area contributed by atoms with Crippen molar-refractivity contribution in [1.82, 2.24) is 9.97 Å². The normalized spacial score (nSPS) is 12.2. The summed E-state index contributed by atoms with van der Waals surface area (Å²) in [7, 11) is 0. The number of aryl methyl sites for hydroxylation is 2. The lowest BCUT2D eigenvalue weighted by Crippen LogP contribution is -2.21. The molecule has 0 unspecified atom stereocenters. The first kappa shape index (κ1) is 30.3. The minimum atomic E-state index is -4.64. The number of fused-ring (bicyclic) bond motifs is 6. The van der Waals surface area contributed by atoms with Crippen LogP contribution < -0.4 is 21.3 Å². The zero-order chi connectivity index (χ0) is 30.3. The highest BCUT2D eigenvalue weighted by Crippen LogP contribution is 2.30. The molecule has 6 bridgehead atoms. The molecule has 1 aromatic heterocycles. The minimum Gasteiger partial charge on any atom is -0.339 e. The van der Waals surface area contributed by atoms with E-state index in [-0.39, 0.29) is 6.03 Å². The second-order valence-corrected chi connectivity index (χ2v) is 10.1. The molecule has 3 aromatic carbocycles. The van der Waals surface area contributed by atoms with Gasteiger partial charge in [0.2, 0.25) is 12.2 Å². The number of carbonyl (C=O) groups excluding carboxylic acids is 2. The molecule has 0 spiro atoms. The number of benzene rings is 3. The maximum atomic E-state index is 13.0. The molecule has 2 heterocycles. The fraction of sp³-hybridized carbons (Fsp3) is 0.200. The summed E-state index contributed by atoms with van der Waals surface area (Å²) in [5.74, 6) is 1.25. The number of nitrogens with one attached hydrogen (secondary N) is 4. The Morgan fingerprint density at radius 2 is 1.67 bits per heavy atom. The number of nitrogens with zero attached hydrogens (tertiary/aromatic N) is 2. The van der Waals surface area contributed by atoms with Gasteiger partial charge in [-0.3, -0.25) is 4.79 Å².